The number of H-pyrrole nitrogens is 1. The Morgan fingerprint density at radius 1 is 1.32 bits per heavy atom. The van der Waals surface area contributed by atoms with Gasteiger partial charge in [-0.3, -0.25) is 4.90 Å². The molecule has 0 saturated carbocycles. The van der Waals surface area contributed by atoms with E-state index in [4.69, 9.17) is 4.74 Å². The van der Waals surface area contributed by atoms with E-state index in [1.807, 2.05) is 0 Å². The summed E-state index contributed by atoms with van der Waals surface area (Å²) in [6, 6.07) is 6.36. The van der Waals surface area contributed by atoms with Crippen molar-refractivity contribution >= 4 is 11.0 Å². The van der Waals surface area contributed by atoms with Crippen molar-refractivity contribution in [3.05, 3.63) is 29.6 Å². The molecule has 0 unspecified atom stereocenters. The summed E-state index contributed by atoms with van der Waals surface area (Å²) >= 11 is 0. The number of benzene rings is 1. The minimum atomic E-state index is 0.879. The lowest BCUT2D eigenvalue weighted by Crippen LogP contribution is -2.36. The Kier molecular flexibility index (Phi) is 3.80. The fraction of sp³-hybridized carbons (Fsp3) is 0.533. The number of hydrogen-bond acceptors (Lipinski definition) is 3. The van der Waals surface area contributed by atoms with Crippen LogP contribution in [0.25, 0.3) is 11.0 Å². The first-order valence-corrected chi connectivity index (χ1v) is 7.06. The Bertz CT molecular complexity index is 543. The van der Waals surface area contributed by atoms with Crippen LogP contribution in [0.2, 0.25) is 0 Å². The number of rotatable bonds is 4. The van der Waals surface area contributed by atoms with Gasteiger partial charge in [0.1, 0.15) is 5.82 Å². The predicted molar refractivity (Wildman–Crippen MR) is 76.4 cm³/mol. The van der Waals surface area contributed by atoms with Crippen LogP contribution in [0.1, 0.15) is 17.8 Å². The molecule has 4 heteroatoms. The van der Waals surface area contributed by atoms with Crippen LogP contribution in [0.15, 0.2) is 18.2 Å². The van der Waals surface area contributed by atoms with Gasteiger partial charge in [-0.1, -0.05) is 6.07 Å². The Morgan fingerprint density at radius 3 is 3.00 bits per heavy atom. The molecule has 19 heavy (non-hydrogen) atoms. The number of fused-ring (bicyclic) bond motifs is 1. The highest BCUT2D eigenvalue weighted by molar-refractivity contribution is 5.75. The molecule has 1 aromatic heterocycles. The van der Waals surface area contributed by atoms with Crippen LogP contribution in [-0.2, 0) is 11.2 Å². The fourth-order valence-electron chi connectivity index (χ4n) is 2.59. The van der Waals surface area contributed by atoms with Crippen LogP contribution in [0.5, 0.6) is 0 Å². The molecule has 2 aromatic rings. The molecule has 0 aliphatic carbocycles. The standard InChI is InChI=1S/C15H21N3O/c1-12-4-5-13-14(11-12)17-15(16-13)3-2-6-18-7-9-19-10-8-18/h4-5,11H,2-3,6-10H2,1H3,(H,16,17). The summed E-state index contributed by atoms with van der Waals surface area (Å²) < 4.78 is 5.36. The van der Waals surface area contributed by atoms with Gasteiger partial charge in [0.05, 0.1) is 24.2 Å². The molecule has 0 radical (unpaired) electrons. The van der Waals surface area contributed by atoms with Gasteiger partial charge < -0.3 is 9.72 Å². The van der Waals surface area contributed by atoms with Crippen molar-refractivity contribution in [3.63, 3.8) is 0 Å². The van der Waals surface area contributed by atoms with E-state index in [1.165, 1.54) is 5.56 Å². The van der Waals surface area contributed by atoms with Gasteiger partial charge in [0.25, 0.3) is 0 Å². The van der Waals surface area contributed by atoms with E-state index in [0.29, 0.717) is 0 Å². The maximum absolute atomic E-state index is 5.36. The number of ether oxygens (including phenoxy) is 1. The van der Waals surface area contributed by atoms with Crippen molar-refractivity contribution in [3.8, 4) is 0 Å². The van der Waals surface area contributed by atoms with Crippen molar-refractivity contribution < 1.29 is 4.74 Å². The minimum Gasteiger partial charge on any atom is -0.379 e. The van der Waals surface area contributed by atoms with Gasteiger partial charge in [0.15, 0.2) is 0 Å². The van der Waals surface area contributed by atoms with E-state index in [0.717, 1.165) is 62.5 Å². The summed E-state index contributed by atoms with van der Waals surface area (Å²) in [5.74, 6) is 1.11. The molecule has 1 aliphatic heterocycles. The topological polar surface area (TPSA) is 41.2 Å². The molecule has 0 amide bonds. The van der Waals surface area contributed by atoms with Crippen LogP contribution in [0.4, 0.5) is 0 Å². The average Bonchev–Trinajstić information content (AvgIpc) is 2.82. The van der Waals surface area contributed by atoms with Crippen molar-refractivity contribution in [1.82, 2.24) is 14.9 Å². The number of aromatic amines is 1. The second-order valence-corrected chi connectivity index (χ2v) is 5.26. The van der Waals surface area contributed by atoms with Gasteiger partial charge in [-0.15, -0.1) is 0 Å². The fourth-order valence-corrected chi connectivity index (χ4v) is 2.59. The van der Waals surface area contributed by atoms with Crippen LogP contribution in [0.3, 0.4) is 0 Å². The molecule has 1 aromatic carbocycles. The van der Waals surface area contributed by atoms with E-state index in [9.17, 15) is 0 Å². The van der Waals surface area contributed by atoms with E-state index in [1.54, 1.807) is 0 Å². The largest absolute Gasteiger partial charge is 0.379 e. The lowest BCUT2D eigenvalue weighted by atomic mass is 10.2. The molecule has 2 heterocycles. The number of imidazole rings is 1. The maximum atomic E-state index is 5.36. The third-order valence-electron chi connectivity index (χ3n) is 3.68. The first-order valence-electron chi connectivity index (χ1n) is 7.06. The minimum absolute atomic E-state index is 0.879. The molecule has 0 atom stereocenters. The van der Waals surface area contributed by atoms with Gasteiger partial charge in [-0.25, -0.2) is 4.98 Å². The van der Waals surface area contributed by atoms with Crippen molar-refractivity contribution in [2.24, 2.45) is 0 Å². The zero-order valence-electron chi connectivity index (χ0n) is 11.5. The van der Waals surface area contributed by atoms with Crippen LogP contribution in [-0.4, -0.2) is 47.7 Å². The molecule has 102 valence electrons. The molecule has 3 rings (SSSR count). The van der Waals surface area contributed by atoms with Gasteiger partial charge in [-0.2, -0.15) is 0 Å². The molecular formula is C15H21N3O. The van der Waals surface area contributed by atoms with Crippen LogP contribution in [0, 0.1) is 6.92 Å². The van der Waals surface area contributed by atoms with E-state index in [-0.39, 0.29) is 0 Å². The molecular weight excluding hydrogens is 238 g/mol. The van der Waals surface area contributed by atoms with Gasteiger partial charge in [0, 0.05) is 19.5 Å². The second-order valence-electron chi connectivity index (χ2n) is 5.26. The smallest absolute Gasteiger partial charge is 0.107 e. The number of morpholine rings is 1. The monoisotopic (exact) mass is 259 g/mol. The summed E-state index contributed by atoms with van der Waals surface area (Å²) in [5.41, 5.74) is 3.50. The number of nitrogens with one attached hydrogen (secondary N) is 1. The number of hydrogen-bond donors (Lipinski definition) is 1. The number of aryl methyl sites for hydroxylation is 2. The number of aromatic nitrogens is 2. The SMILES string of the molecule is Cc1ccc2nc(CCCN3CCOCC3)[nH]c2c1. The van der Waals surface area contributed by atoms with Crippen LogP contribution < -0.4 is 0 Å². The highest BCUT2D eigenvalue weighted by atomic mass is 16.5. The molecule has 4 nitrogen and oxygen atoms in total. The zero-order chi connectivity index (χ0) is 13.1. The van der Waals surface area contributed by atoms with E-state index >= 15 is 0 Å². The maximum Gasteiger partial charge on any atom is 0.107 e. The highest BCUT2D eigenvalue weighted by Crippen LogP contribution is 2.14. The normalized spacial score (nSPS) is 17.1. The molecule has 1 saturated heterocycles. The van der Waals surface area contributed by atoms with Gasteiger partial charge in [-0.05, 0) is 37.6 Å². The summed E-state index contributed by atoms with van der Waals surface area (Å²) in [6.07, 6.45) is 2.17. The Balaban J connectivity index is 1.56. The quantitative estimate of drug-likeness (QED) is 0.914. The lowest BCUT2D eigenvalue weighted by Gasteiger charge is -2.26. The Hall–Kier alpha value is -1.39. The Labute approximate surface area is 113 Å². The molecule has 1 N–H and O–H groups in total. The lowest BCUT2D eigenvalue weighted by molar-refractivity contribution is 0.0374. The van der Waals surface area contributed by atoms with Gasteiger partial charge >= 0.3 is 0 Å². The first kappa shape index (κ1) is 12.6. The third kappa shape index (κ3) is 3.14. The summed E-state index contributed by atoms with van der Waals surface area (Å²) in [4.78, 5) is 10.5. The summed E-state index contributed by atoms with van der Waals surface area (Å²) in [6.45, 7) is 7.14. The molecule has 0 bridgehead atoms. The van der Waals surface area contributed by atoms with Gasteiger partial charge in [0.2, 0.25) is 0 Å². The summed E-state index contributed by atoms with van der Waals surface area (Å²) in [5, 5.41) is 0. The highest BCUT2D eigenvalue weighted by Gasteiger charge is 2.10. The summed E-state index contributed by atoms with van der Waals surface area (Å²) in [7, 11) is 0. The molecule has 1 aliphatic rings. The van der Waals surface area contributed by atoms with Crippen molar-refractivity contribution in [2.75, 3.05) is 32.8 Å². The van der Waals surface area contributed by atoms with Crippen molar-refractivity contribution in [1.29, 1.82) is 0 Å². The predicted octanol–water partition coefficient (Wildman–Crippen LogP) is 2.14. The second kappa shape index (κ2) is 5.72. The zero-order valence-corrected chi connectivity index (χ0v) is 11.5. The average molecular weight is 259 g/mol. The Morgan fingerprint density at radius 2 is 2.16 bits per heavy atom. The van der Waals surface area contributed by atoms with Crippen LogP contribution >= 0.6 is 0 Å². The number of nitrogens with zero attached hydrogens (tertiary/aromatic N) is 2. The first-order chi connectivity index (χ1) is 9.31. The van der Waals surface area contributed by atoms with E-state index < -0.39 is 0 Å². The van der Waals surface area contributed by atoms with E-state index in [2.05, 4.69) is 40.0 Å². The molecule has 1 fully saturated rings. The van der Waals surface area contributed by atoms with Crippen molar-refractivity contribution in [2.45, 2.75) is 19.8 Å². The molecule has 0 spiro atoms. The third-order valence-corrected chi connectivity index (χ3v) is 3.68.